The molecule has 0 radical (unpaired) electrons. The zero-order chi connectivity index (χ0) is 11.5. The molecule has 1 rings (SSSR count). The highest BCUT2D eigenvalue weighted by Crippen LogP contribution is 2.21. The van der Waals surface area contributed by atoms with Crippen LogP contribution in [-0.2, 0) is 4.74 Å². The molecule has 0 unspecified atom stereocenters. The minimum absolute atomic E-state index is 0.162. The van der Waals surface area contributed by atoms with Crippen molar-refractivity contribution >= 4 is 6.09 Å². The molecule has 4 heteroatoms. The highest BCUT2D eigenvalue weighted by molar-refractivity contribution is 5.60. The van der Waals surface area contributed by atoms with E-state index in [0.29, 0.717) is 11.2 Å². The Labute approximate surface area is 92.0 Å². The number of rotatable bonds is 1. The molecule has 88 valence electrons. The minimum atomic E-state index is -0.422. The zero-order valence-corrected chi connectivity index (χ0v) is 10.1. The first-order valence-electron chi connectivity index (χ1n) is 5.69. The first-order valence-corrected chi connectivity index (χ1v) is 5.69. The van der Waals surface area contributed by atoms with Crippen molar-refractivity contribution in [3.05, 3.63) is 0 Å². The Hall–Kier alpha value is -0.610. The zero-order valence-electron chi connectivity index (χ0n) is 10.1. The predicted molar refractivity (Wildman–Crippen MR) is 59.1 cm³/mol. The molecule has 1 amide bonds. The van der Waals surface area contributed by atoms with E-state index >= 15 is 0 Å². The van der Waals surface area contributed by atoms with Crippen molar-refractivity contribution < 1.29 is 14.0 Å². The maximum Gasteiger partial charge on any atom is 0.517 e. The average Bonchev–Trinajstić information content (AvgIpc) is 2.16. The molecule has 4 nitrogen and oxygen atoms in total. The average molecular weight is 215 g/mol. The Morgan fingerprint density at radius 2 is 1.80 bits per heavy atom. The molecule has 0 aromatic carbocycles. The van der Waals surface area contributed by atoms with Crippen molar-refractivity contribution in [3.63, 3.8) is 0 Å². The van der Waals surface area contributed by atoms with E-state index < -0.39 is 5.60 Å². The quantitative estimate of drug-likeness (QED) is 0.679. The molecule has 0 bridgehead atoms. The van der Waals surface area contributed by atoms with E-state index in [0.717, 1.165) is 25.9 Å². The van der Waals surface area contributed by atoms with E-state index in [1.165, 1.54) is 6.42 Å². The lowest BCUT2D eigenvalue weighted by molar-refractivity contribution is -0.863. The van der Waals surface area contributed by atoms with Crippen molar-refractivity contribution in [1.29, 1.82) is 0 Å². The lowest BCUT2D eigenvalue weighted by atomic mass is 10.1. The number of carbonyl (C=O) groups excluding carboxylic acids is 1. The van der Waals surface area contributed by atoms with Crippen LogP contribution in [0.3, 0.4) is 0 Å². The number of ether oxygens (including phenoxy) is 1. The third kappa shape index (κ3) is 3.18. The van der Waals surface area contributed by atoms with Gasteiger partial charge < -0.3 is 4.74 Å². The Morgan fingerprint density at radius 1 is 1.27 bits per heavy atom. The van der Waals surface area contributed by atoms with Gasteiger partial charge in [-0.1, -0.05) is 0 Å². The highest BCUT2D eigenvalue weighted by Gasteiger charge is 2.40. The van der Waals surface area contributed by atoms with Gasteiger partial charge in [-0.3, -0.25) is 5.73 Å². The summed E-state index contributed by atoms with van der Waals surface area (Å²) in [5, 5.41) is 0. The Morgan fingerprint density at radius 3 is 2.20 bits per heavy atom. The monoisotopic (exact) mass is 215 g/mol. The van der Waals surface area contributed by atoms with E-state index in [4.69, 9.17) is 10.5 Å². The van der Waals surface area contributed by atoms with Gasteiger partial charge in [-0.15, -0.1) is 0 Å². The van der Waals surface area contributed by atoms with Crippen molar-refractivity contribution in [2.45, 2.75) is 45.6 Å². The molecular formula is C11H23N2O2+. The van der Waals surface area contributed by atoms with E-state index in [1.54, 1.807) is 0 Å². The summed E-state index contributed by atoms with van der Waals surface area (Å²) in [6.07, 6.45) is 3.17. The van der Waals surface area contributed by atoms with Gasteiger partial charge in [0.15, 0.2) is 0 Å². The number of carbonyl (C=O) groups is 1. The molecule has 0 atom stereocenters. The SMILES string of the molecule is CC(C)(C)OC(=O)[N+]1(CN)CCCCC1. The van der Waals surface area contributed by atoms with Crippen LogP contribution in [0, 0.1) is 0 Å². The molecule has 0 aliphatic carbocycles. The second-order valence-electron chi connectivity index (χ2n) is 5.32. The smallest absolute Gasteiger partial charge is 0.414 e. The standard InChI is InChI=1S/C11H23N2O2/c1-11(2,3)15-10(14)13(9-12)7-5-4-6-8-13/h4-9,12H2,1-3H3/q+1. The maximum absolute atomic E-state index is 12.0. The van der Waals surface area contributed by atoms with E-state index in [2.05, 4.69) is 0 Å². The summed E-state index contributed by atoms with van der Waals surface area (Å²) in [5.74, 6) is 0. The number of quaternary nitrogens is 1. The van der Waals surface area contributed by atoms with Gasteiger partial charge in [0, 0.05) is 0 Å². The number of nitrogens with zero attached hydrogens (tertiary/aromatic N) is 1. The molecule has 2 N–H and O–H groups in total. The van der Waals surface area contributed by atoms with Crippen LogP contribution in [0.1, 0.15) is 40.0 Å². The molecule has 0 saturated carbocycles. The van der Waals surface area contributed by atoms with Crippen LogP contribution in [0.25, 0.3) is 0 Å². The minimum Gasteiger partial charge on any atom is -0.414 e. The van der Waals surface area contributed by atoms with Crippen LogP contribution < -0.4 is 5.73 Å². The summed E-state index contributed by atoms with van der Waals surface area (Å²) in [7, 11) is 0. The van der Waals surface area contributed by atoms with Crippen molar-refractivity contribution in [1.82, 2.24) is 0 Å². The van der Waals surface area contributed by atoms with Crippen LogP contribution in [0.5, 0.6) is 0 Å². The number of hydrogen-bond acceptors (Lipinski definition) is 3. The molecule has 1 saturated heterocycles. The second-order valence-corrected chi connectivity index (χ2v) is 5.32. The molecule has 0 aromatic heterocycles. The lowest BCUT2D eigenvalue weighted by Crippen LogP contribution is -2.59. The molecule has 0 spiro atoms. The number of nitrogens with two attached hydrogens (primary N) is 1. The molecular weight excluding hydrogens is 192 g/mol. The first-order chi connectivity index (χ1) is 6.90. The first kappa shape index (κ1) is 12.5. The second kappa shape index (κ2) is 4.49. The molecule has 1 aliphatic heterocycles. The summed E-state index contributed by atoms with van der Waals surface area (Å²) in [6.45, 7) is 7.68. The van der Waals surface area contributed by atoms with Gasteiger partial charge in [0.05, 0.1) is 13.1 Å². The maximum atomic E-state index is 12.0. The fourth-order valence-corrected chi connectivity index (χ4v) is 1.92. The number of likely N-dealkylation sites (tertiary alicyclic amines) is 1. The van der Waals surface area contributed by atoms with Gasteiger partial charge in [-0.2, -0.15) is 4.79 Å². The van der Waals surface area contributed by atoms with Gasteiger partial charge in [0.25, 0.3) is 0 Å². The number of amides is 1. The van der Waals surface area contributed by atoms with Crippen LogP contribution in [-0.4, -0.2) is 35.9 Å². The Balaban J connectivity index is 2.68. The fraction of sp³-hybridized carbons (Fsp3) is 0.909. The van der Waals surface area contributed by atoms with Gasteiger partial charge in [0.2, 0.25) is 0 Å². The molecule has 1 fully saturated rings. The number of hydrogen-bond donors (Lipinski definition) is 1. The Kier molecular flexibility index (Phi) is 3.73. The van der Waals surface area contributed by atoms with Gasteiger partial charge in [-0.25, -0.2) is 4.48 Å². The third-order valence-electron chi connectivity index (χ3n) is 2.80. The molecule has 1 heterocycles. The van der Waals surface area contributed by atoms with E-state index in [-0.39, 0.29) is 6.09 Å². The van der Waals surface area contributed by atoms with Gasteiger partial charge in [0.1, 0.15) is 12.3 Å². The summed E-state index contributed by atoms with van der Waals surface area (Å²) < 4.78 is 5.73. The van der Waals surface area contributed by atoms with Crippen LogP contribution in [0.4, 0.5) is 4.79 Å². The molecule has 0 aromatic rings. The normalized spacial score (nSPS) is 21.1. The van der Waals surface area contributed by atoms with Crippen molar-refractivity contribution in [2.24, 2.45) is 5.73 Å². The van der Waals surface area contributed by atoms with Crippen molar-refractivity contribution in [2.75, 3.05) is 19.8 Å². The summed E-state index contributed by atoms with van der Waals surface area (Å²) in [6, 6.07) is 0. The van der Waals surface area contributed by atoms with Crippen molar-refractivity contribution in [3.8, 4) is 0 Å². The summed E-state index contributed by atoms with van der Waals surface area (Å²) >= 11 is 0. The van der Waals surface area contributed by atoms with E-state index in [9.17, 15) is 4.79 Å². The molecule has 15 heavy (non-hydrogen) atoms. The van der Waals surface area contributed by atoms with Crippen LogP contribution in [0.2, 0.25) is 0 Å². The Bertz CT molecular complexity index is 227. The van der Waals surface area contributed by atoms with Gasteiger partial charge in [-0.05, 0) is 40.0 Å². The van der Waals surface area contributed by atoms with Gasteiger partial charge >= 0.3 is 6.09 Å². The van der Waals surface area contributed by atoms with Crippen LogP contribution in [0.15, 0.2) is 0 Å². The number of piperidine rings is 1. The summed E-state index contributed by atoms with van der Waals surface area (Å²) in [5.41, 5.74) is 5.31. The summed E-state index contributed by atoms with van der Waals surface area (Å²) in [4.78, 5) is 12.0. The van der Waals surface area contributed by atoms with Crippen LogP contribution >= 0.6 is 0 Å². The third-order valence-corrected chi connectivity index (χ3v) is 2.80. The predicted octanol–water partition coefficient (Wildman–Crippen LogP) is 1.84. The molecule has 1 aliphatic rings. The highest BCUT2D eigenvalue weighted by atomic mass is 16.6. The lowest BCUT2D eigenvalue weighted by Gasteiger charge is -2.37. The largest absolute Gasteiger partial charge is 0.517 e. The fourth-order valence-electron chi connectivity index (χ4n) is 1.92. The van der Waals surface area contributed by atoms with E-state index in [1.807, 2.05) is 20.8 Å². The topological polar surface area (TPSA) is 52.3 Å².